The summed E-state index contributed by atoms with van der Waals surface area (Å²) >= 11 is 0. The number of aliphatic imine (C=N–C) groups is 2. The van der Waals surface area contributed by atoms with E-state index in [4.69, 9.17) is 0 Å². The molecule has 0 aromatic rings. The van der Waals surface area contributed by atoms with Crippen molar-refractivity contribution in [2.45, 2.75) is 25.2 Å². The second kappa shape index (κ2) is 8.23. The van der Waals surface area contributed by atoms with Gasteiger partial charge in [-0.15, -0.1) is 0 Å². The van der Waals surface area contributed by atoms with Crippen molar-refractivity contribution in [3.63, 3.8) is 0 Å². The highest BCUT2D eigenvalue weighted by Gasteiger charge is 2.19. The van der Waals surface area contributed by atoms with E-state index < -0.39 is 12.3 Å². The molecule has 0 aliphatic carbocycles. The van der Waals surface area contributed by atoms with Crippen LogP contribution in [0.3, 0.4) is 0 Å². The van der Waals surface area contributed by atoms with Crippen LogP contribution in [-0.2, 0) is 9.59 Å². The fraction of sp³-hybridized carbons (Fsp3) is 0.750. The van der Waals surface area contributed by atoms with Crippen molar-refractivity contribution in [3.05, 3.63) is 0 Å². The molecular formula is C8H10F2N2O2. The zero-order valence-corrected chi connectivity index (χ0v) is 7.45. The van der Waals surface area contributed by atoms with Crippen molar-refractivity contribution in [3.8, 4) is 0 Å². The maximum atomic E-state index is 12.8. The zero-order valence-electron chi connectivity index (χ0n) is 7.45. The van der Waals surface area contributed by atoms with Gasteiger partial charge in [0.25, 0.3) is 0 Å². The molecule has 2 atom stereocenters. The molecule has 2 unspecified atom stereocenters. The molecule has 0 aromatic carbocycles. The predicted octanol–water partition coefficient (Wildman–Crippen LogP) is 1.11. The van der Waals surface area contributed by atoms with Crippen LogP contribution < -0.4 is 0 Å². The van der Waals surface area contributed by atoms with E-state index in [1.807, 2.05) is 0 Å². The lowest BCUT2D eigenvalue weighted by atomic mass is 10.1. The minimum Gasteiger partial charge on any atom is -0.244 e. The molecule has 78 valence electrons. The standard InChI is InChI=1S/C8H10F2N2O2/c9-7(1-3-11-5-13)8(10)2-4-12-6-14/h7-8H,1-4H2. The summed E-state index contributed by atoms with van der Waals surface area (Å²) in [4.78, 5) is 25.4. The number of carbonyl (C=O) groups excluding carboxylic acids is 2. The van der Waals surface area contributed by atoms with Gasteiger partial charge in [-0.25, -0.2) is 28.4 Å². The van der Waals surface area contributed by atoms with Crippen LogP contribution in [-0.4, -0.2) is 37.6 Å². The summed E-state index contributed by atoms with van der Waals surface area (Å²) in [6, 6.07) is 0. The molecule has 0 amide bonds. The number of isocyanates is 2. The lowest BCUT2D eigenvalue weighted by Crippen LogP contribution is -2.19. The van der Waals surface area contributed by atoms with Crippen LogP contribution in [0.15, 0.2) is 9.98 Å². The second-order valence-corrected chi connectivity index (χ2v) is 2.56. The van der Waals surface area contributed by atoms with Gasteiger partial charge in [0.15, 0.2) is 0 Å². The topological polar surface area (TPSA) is 58.9 Å². The quantitative estimate of drug-likeness (QED) is 0.460. The molecule has 14 heavy (non-hydrogen) atoms. The number of nitrogens with zero attached hydrogens (tertiary/aromatic N) is 2. The van der Waals surface area contributed by atoms with E-state index >= 15 is 0 Å². The van der Waals surface area contributed by atoms with Crippen LogP contribution in [0, 0.1) is 0 Å². The Labute approximate surface area is 79.7 Å². The van der Waals surface area contributed by atoms with Crippen molar-refractivity contribution >= 4 is 12.2 Å². The van der Waals surface area contributed by atoms with E-state index in [0.29, 0.717) is 0 Å². The molecule has 0 aromatic heterocycles. The third kappa shape index (κ3) is 6.17. The first kappa shape index (κ1) is 12.6. The van der Waals surface area contributed by atoms with E-state index in [1.165, 1.54) is 12.2 Å². The summed E-state index contributed by atoms with van der Waals surface area (Å²) in [6.45, 7) is -0.163. The van der Waals surface area contributed by atoms with Crippen LogP contribution >= 0.6 is 0 Å². The molecule has 0 fully saturated rings. The smallest absolute Gasteiger partial charge is 0.234 e. The van der Waals surface area contributed by atoms with Gasteiger partial charge in [0.1, 0.15) is 12.3 Å². The average molecular weight is 204 g/mol. The molecule has 0 saturated carbocycles. The van der Waals surface area contributed by atoms with Gasteiger partial charge < -0.3 is 0 Å². The minimum atomic E-state index is -1.69. The summed E-state index contributed by atoms with van der Waals surface area (Å²) < 4.78 is 25.7. The number of alkyl halides is 2. The van der Waals surface area contributed by atoms with Gasteiger partial charge in [-0.3, -0.25) is 0 Å². The van der Waals surface area contributed by atoms with Gasteiger partial charge in [-0.1, -0.05) is 0 Å². The van der Waals surface area contributed by atoms with Gasteiger partial charge in [0, 0.05) is 12.8 Å². The molecule has 0 aliphatic rings. The molecule has 6 heteroatoms. The molecule has 0 bridgehead atoms. The van der Waals surface area contributed by atoms with Crippen LogP contribution in [0.4, 0.5) is 8.78 Å². The third-order valence-electron chi connectivity index (χ3n) is 1.55. The average Bonchev–Trinajstić information content (AvgIpc) is 2.18. The predicted molar refractivity (Wildman–Crippen MR) is 45.0 cm³/mol. The molecule has 0 saturated heterocycles. The molecular weight excluding hydrogens is 194 g/mol. The van der Waals surface area contributed by atoms with Gasteiger partial charge in [-0.2, -0.15) is 0 Å². The Balaban J connectivity index is 3.68. The summed E-state index contributed by atoms with van der Waals surface area (Å²) in [7, 11) is 0. The molecule has 0 N–H and O–H groups in total. The van der Waals surface area contributed by atoms with Crippen molar-refractivity contribution in [1.82, 2.24) is 0 Å². The number of hydrogen-bond donors (Lipinski definition) is 0. The first-order chi connectivity index (χ1) is 6.72. The van der Waals surface area contributed by atoms with E-state index in [1.54, 1.807) is 0 Å². The molecule has 4 nitrogen and oxygen atoms in total. The van der Waals surface area contributed by atoms with E-state index in [-0.39, 0.29) is 25.9 Å². The van der Waals surface area contributed by atoms with E-state index in [9.17, 15) is 18.4 Å². The van der Waals surface area contributed by atoms with Crippen LogP contribution in [0.1, 0.15) is 12.8 Å². The van der Waals surface area contributed by atoms with Crippen molar-refractivity contribution in [1.29, 1.82) is 0 Å². The maximum absolute atomic E-state index is 12.8. The molecule has 0 rings (SSSR count). The van der Waals surface area contributed by atoms with Crippen LogP contribution in [0.5, 0.6) is 0 Å². The minimum absolute atomic E-state index is 0.0813. The van der Waals surface area contributed by atoms with Crippen molar-refractivity contribution < 1.29 is 18.4 Å². The van der Waals surface area contributed by atoms with E-state index in [2.05, 4.69) is 9.98 Å². The second-order valence-electron chi connectivity index (χ2n) is 2.56. The van der Waals surface area contributed by atoms with Gasteiger partial charge in [-0.05, 0) is 0 Å². The monoisotopic (exact) mass is 204 g/mol. The Morgan fingerprint density at radius 2 is 1.29 bits per heavy atom. The van der Waals surface area contributed by atoms with Crippen molar-refractivity contribution in [2.75, 3.05) is 13.1 Å². The third-order valence-corrected chi connectivity index (χ3v) is 1.55. The number of rotatable bonds is 7. The summed E-state index contributed by atoms with van der Waals surface area (Å²) in [5.41, 5.74) is 0. The lowest BCUT2D eigenvalue weighted by molar-refractivity contribution is 0.154. The summed E-state index contributed by atoms with van der Waals surface area (Å²) in [6.07, 6.45) is -1.24. The number of halogens is 2. The van der Waals surface area contributed by atoms with Gasteiger partial charge in [0.2, 0.25) is 12.2 Å². The first-order valence-electron chi connectivity index (χ1n) is 4.07. The molecule has 0 spiro atoms. The van der Waals surface area contributed by atoms with Crippen LogP contribution in [0.2, 0.25) is 0 Å². The Kier molecular flexibility index (Phi) is 7.42. The fourth-order valence-corrected chi connectivity index (χ4v) is 0.829. The zero-order chi connectivity index (χ0) is 10.8. The highest BCUT2D eigenvalue weighted by atomic mass is 19.2. The van der Waals surface area contributed by atoms with Crippen LogP contribution in [0.25, 0.3) is 0 Å². The Bertz CT molecular complexity index is 222. The highest BCUT2D eigenvalue weighted by Crippen LogP contribution is 2.12. The SMILES string of the molecule is O=C=NCCC(F)C(F)CCN=C=O. The van der Waals surface area contributed by atoms with Gasteiger partial charge >= 0.3 is 0 Å². The fourth-order valence-electron chi connectivity index (χ4n) is 0.829. The summed E-state index contributed by atoms with van der Waals surface area (Å²) in [5, 5.41) is 0. The first-order valence-corrected chi connectivity index (χ1v) is 4.07. The normalized spacial score (nSPS) is 13.6. The summed E-state index contributed by atoms with van der Waals surface area (Å²) in [5.74, 6) is 0. The molecule has 0 radical (unpaired) electrons. The van der Waals surface area contributed by atoms with E-state index in [0.717, 1.165) is 0 Å². The Morgan fingerprint density at radius 1 is 0.929 bits per heavy atom. The van der Waals surface area contributed by atoms with Gasteiger partial charge in [0.05, 0.1) is 13.1 Å². The van der Waals surface area contributed by atoms with Crippen molar-refractivity contribution in [2.24, 2.45) is 9.98 Å². The molecule has 0 aliphatic heterocycles. The largest absolute Gasteiger partial charge is 0.244 e. The Hall–Kier alpha value is -1.38. The molecule has 0 heterocycles. The Morgan fingerprint density at radius 3 is 1.57 bits per heavy atom. The highest BCUT2D eigenvalue weighted by molar-refractivity contribution is 5.33. The maximum Gasteiger partial charge on any atom is 0.234 e. The number of hydrogen-bond acceptors (Lipinski definition) is 4. The lowest BCUT2D eigenvalue weighted by Gasteiger charge is -2.10.